The lowest BCUT2D eigenvalue weighted by Crippen LogP contribution is -2.27. The first kappa shape index (κ1) is 12.1. The van der Waals surface area contributed by atoms with Gasteiger partial charge in [-0.25, -0.2) is 0 Å². The summed E-state index contributed by atoms with van der Waals surface area (Å²) in [4.78, 5) is 15.0. The van der Waals surface area contributed by atoms with Gasteiger partial charge in [0.25, 0.3) is 5.91 Å². The van der Waals surface area contributed by atoms with E-state index in [-0.39, 0.29) is 5.91 Å². The molecule has 1 aromatic heterocycles. The minimum atomic E-state index is 0.153. The van der Waals surface area contributed by atoms with Crippen LogP contribution in [0.1, 0.15) is 28.1 Å². The number of halogens is 1. The van der Waals surface area contributed by atoms with Crippen LogP contribution in [-0.2, 0) is 11.3 Å². The molecule has 3 nitrogen and oxygen atoms in total. The molecule has 1 aliphatic rings. The third-order valence-electron chi connectivity index (χ3n) is 2.67. The van der Waals surface area contributed by atoms with Crippen LogP contribution in [0, 0.1) is 0 Å². The summed E-state index contributed by atoms with van der Waals surface area (Å²) in [6.07, 6.45) is 2.25. The number of likely N-dealkylation sites (tertiary alicyclic amines) is 1. The Bertz CT molecular complexity index is 385. The van der Waals surface area contributed by atoms with E-state index < -0.39 is 0 Å². The molecule has 16 heavy (non-hydrogen) atoms. The second kappa shape index (κ2) is 5.29. The van der Waals surface area contributed by atoms with Gasteiger partial charge in [0.2, 0.25) is 0 Å². The summed E-state index contributed by atoms with van der Waals surface area (Å²) >= 11 is 4.92. The van der Waals surface area contributed by atoms with Gasteiger partial charge in [-0.15, -0.1) is 11.3 Å². The predicted octanol–water partition coefficient (Wildman–Crippen LogP) is 2.89. The van der Waals surface area contributed by atoms with Gasteiger partial charge in [-0.1, -0.05) is 0 Å². The molecule has 0 unspecified atom stereocenters. The van der Waals surface area contributed by atoms with Crippen molar-refractivity contribution in [2.24, 2.45) is 0 Å². The van der Waals surface area contributed by atoms with Gasteiger partial charge >= 0.3 is 0 Å². The summed E-state index contributed by atoms with van der Waals surface area (Å²) in [5.74, 6) is 0.153. The van der Waals surface area contributed by atoms with E-state index in [1.165, 1.54) is 11.3 Å². The molecule has 1 aromatic rings. The number of methoxy groups -OCH3 is 1. The summed E-state index contributed by atoms with van der Waals surface area (Å²) in [7, 11) is 1.65. The second-order valence-electron chi connectivity index (χ2n) is 3.84. The highest BCUT2D eigenvalue weighted by atomic mass is 79.9. The molecule has 0 N–H and O–H groups in total. The van der Waals surface area contributed by atoms with E-state index in [1.54, 1.807) is 7.11 Å². The summed E-state index contributed by atoms with van der Waals surface area (Å²) in [6, 6.07) is 1.97. The van der Waals surface area contributed by atoms with Crippen LogP contribution in [0.4, 0.5) is 0 Å². The largest absolute Gasteiger partial charge is 0.380 e. The van der Waals surface area contributed by atoms with E-state index in [1.807, 2.05) is 11.0 Å². The van der Waals surface area contributed by atoms with Crippen LogP contribution in [0.25, 0.3) is 0 Å². The Labute approximate surface area is 108 Å². The lowest BCUT2D eigenvalue weighted by Gasteiger charge is -2.14. The van der Waals surface area contributed by atoms with Crippen molar-refractivity contribution < 1.29 is 9.53 Å². The van der Waals surface area contributed by atoms with E-state index in [4.69, 9.17) is 4.74 Å². The van der Waals surface area contributed by atoms with Gasteiger partial charge in [0.15, 0.2) is 0 Å². The molecule has 0 saturated carbocycles. The molecule has 0 radical (unpaired) electrons. The number of carbonyl (C=O) groups is 1. The fourth-order valence-electron chi connectivity index (χ4n) is 1.90. The number of hydrogen-bond donors (Lipinski definition) is 0. The van der Waals surface area contributed by atoms with Gasteiger partial charge in [0.05, 0.1) is 15.3 Å². The quantitative estimate of drug-likeness (QED) is 0.859. The Morgan fingerprint density at radius 2 is 2.25 bits per heavy atom. The first-order valence-electron chi connectivity index (χ1n) is 5.29. The molecular weight excluding hydrogens is 290 g/mol. The molecule has 1 fully saturated rings. The Hall–Kier alpha value is -0.390. The Morgan fingerprint density at radius 3 is 2.88 bits per heavy atom. The zero-order chi connectivity index (χ0) is 11.5. The summed E-state index contributed by atoms with van der Waals surface area (Å²) in [5.41, 5.74) is 0.983. The molecule has 1 amide bonds. The zero-order valence-corrected chi connectivity index (χ0v) is 11.6. The first-order valence-corrected chi connectivity index (χ1v) is 6.89. The molecule has 1 aliphatic heterocycles. The van der Waals surface area contributed by atoms with Crippen LogP contribution in [0.2, 0.25) is 0 Å². The van der Waals surface area contributed by atoms with Gasteiger partial charge in [0.1, 0.15) is 0 Å². The summed E-state index contributed by atoms with van der Waals surface area (Å²) in [6.45, 7) is 2.28. The molecule has 0 aromatic carbocycles. The fraction of sp³-hybridized carbons (Fsp3) is 0.545. The number of nitrogens with zero attached hydrogens (tertiary/aromatic N) is 1. The van der Waals surface area contributed by atoms with Crippen molar-refractivity contribution in [1.29, 1.82) is 0 Å². The lowest BCUT2D eigenvalue weighted by atomic mass is 10.2. The minimum Gasteiger partial charge on any atom is -0.380 e. The third-order valence-corrected chi connectivity index (χ3v) is 4.33. The Balaban J connectivity index is 2.20. The molecule has 2 rings (SSSR count). The SMILES string of the molecule is COCc1cc(Br)sc1C(=O)N1CCCC1. The van der Waals surface area contributed by atoms with Gasteiger partial charge in [-0.2, -0.15) is 0 Å². The fourth-order valence-corrected chi connectivity index (χ4v) is 3.53. The summed E-state index contributed by atoms with van der Waals surface area (Å²) in [5, 5.41) is 0. The average Bonchev–Trinajstić information content (AvgIpc) is 2.87. The van der Waals surface area contributed by atoms with E-state index in [0.29, 0.717) is 6.61 Å². The van der Waals surface area contributed by atoms with Crippen molar-refractivity contribution >= 4 is 33.2 Å². The van der Waals surface area contributed by atoms with E-state index in [9.17, 15) is 4.79 Å². The molecule has 1 saturated heterocycles. The highest BCUT2D eigenvalue weighted by Gasteiger charge is 2.23. The average molecular weight is 304 g/mol. The van der Waals surface area contributed by atoms with Crippen molar-refractivity contribution in [3.63, 3.8) is 0 Å². The van der Waals surface area contributed by atoms with Crippen LogP contribution in [-0.4, -0.2) is 31.0 Å². The molecule has 5 heteroatoms. The summed E-state index contributed by atoms with van der Waals surface area (Å²) < 4.78 is 6.10. The third kappa shape index (κ3) is 2.47. The smallest absolute Gasteiger partial charge is 0.264 e. The normalized spacial score (nSPS) is 15.8. The molecule has 0 spiro atoms. The number of rotatable bonds is 3. The number of amides is 1. The molecule has 0 atom stereocenters. The van der Waals surface area contributed by atoms with Crippen LogP contribution in [0.5, 0.6) is 0 Å². The van der Waals surface area contributed by atoms with Gasteiger partial charge in [-0.05, 0) is 34.8 Å². The van der Waals surface area contributed by atoms with Crippen molar-refractivity contribution in [2.75, 3.05) is 20.2 Å². The standard InChI is InChI=1S/C11H14BrNO2S/c1-15-7-8-6-9(12)16-10(8)11(14)13-4-2-3-5-13/h6H,2-5,7H2,1H3. The maximum Gasteiger partial charge on any atom is 0.264 e. The van der Waals surface area contributed by atoms with Crippen LogP contribution in [0.3, 0.4) is 0 Å². The monoisotopic (exact) mass is 303 g/mol. The zero-order valence-electron chi connectivity index (χ0n) is 9.16. The second-order valence-corrected chi connectivity index (χ2v) is 6.27. The number of carbonyl (C=O) groups excluding carboxylic acids is 1. The van der Waals surface area contributed by atoms with Gasteiger partial charge in [0, 0.05) is 25.8 Å². The highest BCUT2D eigenvalue weighted by molar-refractivity contribution is 9.11. The van der Waals surface area contributed by atoms with Crippen molar-refractivity contribution in [1.82, 2.24) is 4.90 Å². The van der Waals surface area contributed by atoms with Crippen LogP contribution in [0.15, 0.2) is 9.85 Å². The molecular formula is C11H14BrNO2S. The van der Waals surface area contributed by atoms with Gasteiger partial charge < -0.3 is 9.64 Å². The molecule has 88 valence electrons. The first-order chi connectivity index (χ1) is 7.72. The van der Waals surface area contributed by atoms with E-state index >= 15 is 0 Å². The lowest BCUT2D eigenvalue weighted by molar-refractivity contribution is 0.0793. The van der Waals surface area contributed by atoms with Crippen molar-refractivity contribution in [2.45, 2.75) is 19.4 Å². The number of thiophene rings is 1. The Morgan fingerprint density at radius 1 is 1.56 bits per heavy atom. The van der Waals surface area contributed by atoms with Crippen molar-refractivity contribution in [3.8, 4) is 0 Å². The molecule has 2 heterocycles. The highest BCUT2D eigenvalue weighted by Crippen LogP contribution is 2.29. The topological polar surface area (TPSA) is 29.5 Å². The van der Waals surface area contributed by atoms with Gasteiger partial charge in [-0.3, -0.25) is 4.79 Å². The van der Waals surface area contributed by atoms with E-state index in [2.05, 4.69) is 15.9 Å². The predicted molar refractivity (Wildman–Crippen MR) is 67.9 cm³/mol. The maximum atomic E-state index is 12.2. The Kier molecular flexibility index (Phi) is 4.00. The number of ether oxygens (including phenoxy) is 1. The molecule has 0 aliphatic carbocycles. The van der Waals surface area contributed by atoms with Crippen LogP contribution >= 0.6 is 27.3 Å². The van der Waals surface area contributed by atoms with E-state index in [0.717, 1.165) is 40.2 Å². The minimum absolute atomic E-state index is 0.153. The molecule has 0 bridgehead atoms. The number of hydrogen-bond acceptors (Lipinski definition) is 3. The maximum absolute atomic E-state index is 12.2. The van der Waals surface area contributed by atoms with Crippen molar-refractivity contribution in [3.05, 3.63) is 20.3 Å². The van der Waals surface area contributed by atoms with Crippen LogP contribution < -0.4 is 0 Å².